The molecule has 0 spiro atoms. The van der Waals surface area contributed by atoms with Crippen LogP contribution in [-0.4, -0.2) is 30.2 Å². The van der Waals surface area contributed by atoms with E-state index in [1.54, 1.807) is 32.0 Å². The Morgan fingerprint density at radius 3 is 2.42 bits per heavy atom. The summed E-state index contributed by atoms with van der Waals surface area (Å²) < 4.78 is 65.9. The fourth-order valence-electron chi connectivity index (χ4n) is 4.61. The van der Waals surface area contributed by atoms with Gasteiger partial charge in [-0.1, -0.05) is 24.3 Å². The summed E-state index contributed by atoms with van der Waals surface area (Å²) in [6, 6.07) is 12.1. The number of aromatic nitrogens is 5. The maximum absolute atomic E-state index is 15.3. The van der Waals surface area contributed by atoms with Crippen LogP contribution in [0, 0.1) is 5.82 Å². The number of nitrogens with zero attached hydrogens (tertiary/aromatic N) is 4. The molecule has 9 nitrogen and oxygen atoms in total. The van der Waals surface area contributed by atoms with Gasteiger partial charge < -0.3 is 10.5 Å². The standard InChI is InChI=1S/C27H22F4N6O3/c1-14(2)36-22-20(10-11-33-25(22)35-26(36)39)40-19-9-8-15(12-18(19)28)21(24(32)38)17-13-34-37(23(17)27(29,30)31)16-6-4-3-5-7-16/h3-14,21H,1-2H3,(H2,32,38)(H,33,35,39). The first-order chi connectivity index (χ1) is 19.0. The molecule has 0 aliphatic carbocycles. The molecule has 0 radical (unpaired) electrons. The SMILES string of the molecule is CC(C)n1c(=O)[nH]c2nccc(Oc3ccc(C(C(N)=O)c4cnn(-c5ccccc5)c4C(F)(F)F)cc3F)c21. The third kappa shape index (κ3) is 4.70. The second kappa shape index (κ2) is 9.98. The number of fused-ring (bicyclic) bond motifs is 1. The van der Waals surface area contributed by atoms with Crippen LogP contribution >= 0.6 is 0 Å². The number of benzene rings is 2. The molecule has 5 aromatic rings. The van der Waals surface area contributed by atoms with Crippen LogP contribution in [0.15, 0.2) is 71.8 Å². The number of nitrogens with two attached hydrogens (primary N) is 1. The number of H-pyrrole nitrogens is 1. The number of pyridine rings is 1. The summed E-state index contributed by atoms with van der Waals surface area (Å²) >= 11 is 0. The van der Waals surface area contributed by atoms with E-state index in [4.69, 9.17) is 10.5 Å². The van der Waals surface area contributed by atoms with Crippen molar-refractivity contribution in [1.29, 1.82) is 0 Å². The Kier molecular flexibility index (Phi) is 6.65. The highest BCUT2D eigenvalue weighted by Gasteiger charge is 2.42. The third-order valence-corrected chi connectivity index (χ3v) is 6.26. The molecule has 1 unspecified atom stereocenters. The minimum absolute atomic E-state index is 0.118. The number of carbonyl (C=O) groups is 1. The van der Waals surface area contributed by atoms with Crippen molar-refractivity contribution in [2.45, 2.75) is 32.0 Å². The molecule has 1 amide bonds. The van der Waals surface area contributed by atoms with Crippen molar-refractivity contribution in [2.75, 3.05) is 0 Å². The van der Waals surface area contributed by atoms with Crippen LogP contribution in [0.25, 0.3) is 16.9 Å². The first-order valence-corrected chi connectivity index (χ1v) is 12.0. The van der Waals surface area contributed by atoms with Crippen LogP contribution in [0.5, 0.6) is 11.5 Å². The zero-order chi connectivity index (χ0) is 28.8. The predicted molar refractivity (Wildman–Crippen MR) is 137 cm³/mol. The monoisotopic (exact) mass is 554 g/mol. The quantitative estimate of drug-likeness (QED) is 0.273. The topological polar surface area (TPSA) is 121 Å². The van der Waals surface area contributed by atoms with E-state index in [0.717, 1.165) is 12.3 Å². The van der Waals surface area contributed by atoms with Gasteiger partial charge in [0.05, 0.1) is 17.8 Å². The molecule has 0 bridgehead atoms. The van der Waals surface area contributed by atoms with Gasteiger partial charge in [-0.3, -0.25) is 14.3 Å². The molecule has 5 rings (SSSR count). The molecule has 0 aliphatic rings. The third-order valence-electron chi connectivity index (χ3n) is 6.26. The minimum atomic E-state index is -4.91. The number of rotatable bonds is 7. The van der Waals surface area contributed by atoms with Gasteiger partial charge in [0.15, 0.2) is 28.7 Å². The summed E-state index contributed by atoms with van der Waals surface area (Å²) in [5.74, 6) is -3.93. The van der Waals surface area contributed by atoms with Gasteiger partial charge in [-0.25, -0.2) is 18.9 Å². The Hall–Kier alpha value is -4.94. The fraction of sp³-hybridized carbons (Fsp3) is 0.185. The summed E-state index contributed by atoms with van der Waals surface area (Å²) in [4.78, 5) is 31.6. The van der Waals surface area contributed by atoms with Crippen molar-refractivity contribution in [3.63, 3.8) is 0 Å². The molecule has 40 heavy (non-hydrogen) atoms. The molecule has 0 fully saturated rings. The number of imidazole rings is 1. The molecule has 3 N–H and O–H groups in total. The smallest absolute Gasteiger partial charge is 0.433 e. The average Bonchev–Trinajstić information content (AvgIpc) is 3.47. The van der Waals surface area contributed by atoms with Crippen molar-refractivity contribution in [3.8, 4) is 17.2 Å². The lowest BCUT2D eigenvalue weighted by Gasteiger charge is -2.18. The molecule has 13 heteroatoms. The molecule has 0 saturated heterocycles. The number of hydrogen-bond acceptors (Lipinski definition) is 5. The average molecular weight is 555 g/mol. The van der Waals surface area contributed by atoms with E-state index < -0.39 is 40.8 Å². The van der Waals surface area contributed by atoms with Gasteiger partial charge in [0, 0.05) is 23.9 Å². The number of alkyl halides is 3. The Balaban J connectivity index is 1.57. The summed E-state index contributed by atoms with van der Waals surface area (Å²) in [6.07, 6.45) is -2.64. The van der Waals surface area contributed by atoms with Gasteiger partial charge in [0.25, 0.3) is 0 Å². The number of aromatic amines is 1. The van der Waals surface area contributed by atoms with E-state index in [9.17, 15) is 22.8 Å². The number of ether oxygens (including phenoxy) is 1. The van der Waals surface area contributed by atoms with Gasteiger partial charge in [-0.05, 0) is 43.7 Å². The molecule has 0 aliphatic heterocycles. The highest BCUT2D eigenvalue weighted by Crippen LogP contribution is 2.40. The molecule has 2 aromatic carbocycles. The van der Waals surface area contributed by atoms with Gasteiger partial charge in [0.2, 0.25) is 5.91 Å². The predicted octanol–water partition coefficient (Wildman–Crippen LogP) is 5.06. The molecule has 3 aromatic heterocycles. The van der Waals surface area contributed by atoms with Crippen LogP contribution in [0.1, 0.15) is 42.6 Å². The number of nitrogens with one attached hydrogen (secondary N) is 1. The molecular formula is C27H22F4N6O3. The normalized spacial score (nSPS) is 12.7. The summed E-state index contributed by atoms with van der Waals surface area (Å²) in [5.41, 5.74) is 3.92. The largest absolute Gasteiger partial charge is 0.452 e. The number of carbonyl (C=O) groups excluding carboxylic acids is 1. The Morgan fingerprint density at radius 1 is 1.07 bits per heavy atom. The lowest BCUT2D eigenvalue weighted by atomic mass is 9.90. The second-order valence-electron chi connectivity index (χ2n) is 9.22. The van der Waals surface area contributed by atoms with Crippen LogP contribution in [0.4, 0.5) is 17.6 Å². The van der Waals surface area contributed by atoms with E-state index in [1.165, 1.54) is 41.1 Å². The molecule has 3 heterocycles. The lowest BCUT2D eigenvalue weighted by Crippen LogP contribution is -2.25. The van der Waals surface area contributed by atoms with Crippen LogP contribution in [0.2, 0.25) is 0 Å². The van der Waals surface area contributed by atoms with Crippen molar-refractivity contribution >= 4 is 17.1 Å². The highest BCUT2D eigenvalue weighted by molar-refractivity contribution is 5.86. The minimum Gasteiger partial charge on any atom is -0.452 e. The first kappa shape index (κ1) is 26.7. The molecule has 0 saturated carbocycles. The van der Waals surface area contributed by atoms with Crippen molar-refractivity contribution < 1.29 is 27.1 Å². The van der Waals surface area contributed by atoms with Gasteiger partial charge in [0.1, 0.15) is 5.52 Å². The number of hydrogen-bond donors (Lipinski definition) is 2. The van der Waals surface area contributed by atoms with Crippen LogP contribution < -0.4 is 16.2 Å². The summed E-state index contributed by atoms with van der Waals surface area (Å²) in [7, 11) is 0. The summed E-state index contributed by atoms with van der Waals surface area (Å²) in [6.45, 7) is 3.56. The maximum Gasteiger partial charge on any atom is 0.433 e. The van der Waals surface area contributed by atoms with Gasteiger partial charge in [-0.15, -0.1) is 0 Å². The van der Waals surface area contributed by atoms with E-state index in [0.29, 0.717) is 10.2 Å². The second-order valence-corrected chi connectivity index (χ2v) is 9.22. The maximum atomic E-state index is 15.3. The van der Waals surface area contributed by atoms with Gasteiger partial charge in [-0.2, -0.15) is 18.3 Å². The Morgan fingerprint density at radius 2 is 1.80 bits per heavy atom. The van der Waals surface area contributed by atoms with Crippen molar-refractivity contribution in [1.82, 2.24) is 24.3 Å². The van der Waals surface area contributed by atoms with Crippen LogP contribution in [0.3, 0.4) is 0 Å². The zero-order valence-electron chi connectivity index (χ0n) is 21.1. The fourth-order valence-corrected chi connectivity index (χ4v) is 4.61. The number of para-hydroxylation sites is 1. The lowest BCUT2D eigenvalue weighted by molar-refractivity contribution is -0.143. The van der Waals surface area contributed by atoms with Crippen LogP contribution in [-0.2, 0) is 11.0 Å². The zero-order valence-corrected chi connectivity index (χ0v) is 21.1. The van der Waals surface area contributed by atoms with E-state index in [1.807, 2.05) is 0 Å². The molecule has 1 atom stereocenters. The van der Waals surface area contributed by atoms with Crippen molar-refractivity contribution in [3.05, 3.63) is 100 Å². The Bertz CT molecular complexity index is 1770. The van der Waals surface area contributed by atoms with E-state index >= 15 is 4.39 Å². The highest BCUT2D eigenvalue weighted by atomic mass is 19.4. The first-order valence-electron chi connectivity index (χ1n) is 12.0. The Labute approximate surface area is 223 Å². The van der Waals surface area contributed by atoms with Crippen molar-refractivity contribution in [2.24, 2.45) is 5.73 Å². The van der Waals surface area contributed by atoms with E-state index in [2.05, 4.69) is 15.1 Å². The van der Waals surface area contributed by atoms with E-state index in [-0.39, 0.29) is 34.4 Å². The van der Waals surface area contributed by atoms with Gasteiger partial charge >= 0.3 is 11.9 Å². The molecule has 206 valence electrons. The number of amides is 1. The summed E-state index contributed by atoms with van der Waals surface area (Å²) in [5, 5.41) is 3.86. The number of halogens is 4. The number of primary amides is 1. The molecular weight excluding hydrogens is 532 g/mol.